The van der Waals surface area contributed by atoms with Gasteiger partial charge in [-0.05, 0) is 11.6 Å². The number of aromatic amines is 1. The number of imide groups is 1. The zero-order chi connectivity index (χ0) is 14.1. The maximum Gasteiger partial charge on any atom is 0.343 e. The molecule has 3 rings (SSSR count). The number of aromatic nitrogens is 1. The largest absolute Gasteiger partial charge is 0.361 e. The number of urea groups is 1. The number of nitrogens with zero attached hydrogens (tertiary/aromatic N) is 1. The van der Waals surface area contributed by atoms with Gasteiger partial charge in [-0.3, -0.25) is 20.3 Å². The van der Waals surface area contributed by atoms with Crippen LogP contribution in [0, 0.1) is 0 Å². The van der Waals surface area contributed by atoms with Crippen LogP contribution in [-0.4, -0.2) is 34.4 Å². The Balaban J connectivity index is 1.70. The van der Waals surface area contributed by atoms with E-state index in [1.807, 2.05) is 24.3 Å². The van der Waals surface area contributed by atoms with Crippen molar-refractivity contribution in [2.45, 2.75) is 6.42 Å². The number of hydrogen-bond donors (Lipinski definition) is 3. The van der Waals surface area contributed by atoms with Crippen molar-refractivity contribution in [3.8, 4) is 0 Å². The number of H-pyrrole nitrogens is 1. The van der Waals surface area contributed by atoms with E-state index >= 15 is 0 Å². The van der Waals surface area contributed by atoms with Gasteiger partial charge in [0.1, 0.15) is 6.54 Å². The van der Waals surface area contributed by atoms with Gasteiger partial charge in [0.05, 0.1) is 6.42 Å². The number of hydrogen-bond acceptors (Lipinski definition) is 3. The fraction of sp³-hybridized carbons (Fsp3) is 0.154. The highest BCUT2D eigenvalue weighted by atomic mass is 16.2. The second kappa shape index (κ2) is 4.69. The van der Waals surface area contributed by atoms with Gasteiger partial charge in [0.25, 0.3) is 0 Å². The molecule has 0 aliphatic carbocycles. The van der Waals surface area contributed by atoms with Crippen molar-refractivity contribution in [3.05, 3.63) is 36.0 Å². The molecule has 1 saturated heterocycles. The molecule has 0 saturated carbocycles. The van der Waals surface area contributed by atoms with Crippen molar-refractivity contribution in [1.29, 1.82) is 0 Å². The van der Waals surface area contributed by atoms with Crippen molar-refractivity contribution in [2.24, 2.45) is 0 Å². The Hall–Kier alpha value is -2.83. The summed E-state index contributed by atoms with van der Waals surface area (Å²) in [6.45, 7) is -0.154. The summed E-state index contributed by atoms with van der Waals surface area (Å²) in [5.41, 5.74) is 4.20. The molecule has 20 heavy (non-hydrogen) atoms. The lowest BCUT2D eigenvalue weighted by Gasteiger charge is -2.14. The molecule has 1 aromatic carbocycles. The number of rotatable bonds is 3. The van der Waals surface area contributed by atoms with Gasteiger partial charge in [-0.2, -0.15) is 0 Å². The summed E-state index contributed by atoms with van der Waals surface area (Å²) >= 11 is 0. The molecular weight excluding hydrogens is 260 g/mol. The summed E-state index contributed by atoms with van der Waals surface area (Å²) in [5.74, 6) is -0.776. The fourth-order valence-electron chi connectivity index (χ4n) is 2.17. The second-order valence-electron chi connectivity index (χ2n) is 4.51. The molecule has 0 unspecified atom stereocenters. The predicted octanol–water partition coefficient (Wildman–Crippen LogP) is 0.293. The third-order valence-electron chi connectivity index (χ3n) is 3.08. The van der Waals surface area contributed by atoms with Gasteiger partial charge in [-0.1, -0.05) is 18.2 Å². The summed E-state index contributed by atoms with van der Waals surface area (Å²) in [7, 11) is 0. The minimum atomic E-state index is -0.609. The number of amides is 4. The van der Waals surface area contributed by atoms with Crippen molar-refractivity contribution in [3.63, 3.8) is 0 Å². The molecule has 1 aromatic heterocycles. The van der Waals surface area contributed by atoms with Gasteiger partial charge in [0.15, 0.2) is 0 Å². The van der Waals surface area contributed by atoms with E-state index in [0.717, 1.165) is 21.5 Å². The van der Waals surface area contributed by atoms with Gasteiger partial charge in [-0.15, -0.1) is 0 Å². The van der Waals surface area contributed by atoms with E-state index in [0.29, 0.717) is 0 Å². The van der Waals surface area contributed by atoms with Crippen molar-refractivity contribution >= 4 is 28.7 Å². The van der Waals surface area contributed by atoms with Crippen LogP contribution in [0.25, 0.3) is 10.9 Å². The fourth-order valence-corrected chi connectivity index (χ4v) is 2.17. The van der Waals surface area contributed by atoms with Crippen LogP contribution >= 0.6 is 0 Å². The summed E-state index contributed by atoms with van der Waals surface area (Å²) in [5, 5.41) is 4.02. The summed E-state index contributed by atoms with van der Waals surface area (Å²) in [6.07, 6.45) is 1.89. The van der Waals surface area contributed by atoms with Crippen LogP contribution in [0.15, 0.2) is 30.5 Å². The monoisotopic (exact) mass is 272 g/mol. The molecule has 7 nitrogen and oxygen atoms in total. The molecule has 3 N–H and O–H groups in total. The lowest BCUT2D eigenvalue weighted by molar-refractivity contribution is -0.124. The number of fused-ring (bicyclic) bond motifs is 1. The Morgan fingerprint density at radius 1 is 1.30 bits per heavy atom. The highest BCUT2D eigenvalue weighted by Crippen LogP contribution is 2.17. The first kappa shape index (κ1) is 12.2. The van der Waals surface area contributed by atoms with Gasteiger partial charge in [-0.25, -0.2) is 9.80 Å². The number of nitrogens with one attached hydrogen (secondary N) is 3. The molecule has 0 radical (unpaired) electrons. The molecular formula is C13H12N4O3. The van der Waals surface area contributed by atoms with Crippen molar-refractivity contribution in [1.82, 2.24) is 20.7 Å². The van der Waals surface area contributed by atoms with Crippen molar-refractivity contribution in [2.75, 3.05) is 6.54 Å². The normalized spacial score (nSPS) is 14.7. The third kappa shape index (κ3) is 2.20. The average molecular weight is 272 g/mol. The van der Waals surface area contributed by atoms with E-state index in [2.05, 4.69) is 15.7 Å². The maximum atomic E-state index is 11.9. The molecule has 7 heteroatoms. The minimum absolute atomic E-state index is 0.127. The molecule has 0 atom stereocenters. The topological polar surface area (TPSA) is 94.3 Å². The number of carbonyl (C=O) groups is 3. The first-order valence-electron chi connectivity index (χ1n) is 6.09. The van der Waals surface area contributed by atoms with E-state index in [1.54, 1.807) is 6.20 Å². The summed E-state index contributed by atoms with van der Waals surface area (Å²) in [4.78, 5) is 37.3. The number of benzene rings is 1. The molecule has 2 heterocycles. The van der Waals surface area contributed by atoms with E-state index in [9.17, 15) is 14.4 Å². The van der Waals surface area contributed by atoms with Gasteiger partial charge in [0, 0.05) is 17.1 Å². The predicted molar refractivity (Wildman–Crippen MR) is 70.4 cm³/mol. The van der Waals surface area contributed by atoms with Crippen LogP contribution in [0.3, 0.4) is 0 Å². The average Bonchev–Trinajstić information content (AvgIpc) is 2.94. The lowest BCUT2D eigenvalue weighted by atomic mass is 10.1. The Morgan fingerprint density at radius 2 is 2.10 bits per heavy atom. The second-order valence-corrected chi connectivity index (χ2v) is 4.51. The van der Waals surface area contributed by atoms with Crippen molar-refractivity contribution < 1.29 is 14.4 Å². The summed E-state index contributed by atoms with van der Waals surface area (Å²) < 4.78 is 0. The Kier molecular flexibility index (Phi) is 2.86. The lowest BCUT2D eigenvalue weighted by Crippen LogP contribution is -2.44. The number of carbonyl (C=O) groups excluding carboxylic acids is 3. The van der Waals surface area contributed by atoms with Gasteiger partial charge in [0.2, 0.25) is 11.8 Å². The molecule has 1 aliphatic rings. The maximum absolute atomic E-state index is 11.9. The Bertz CT molecular complexity index is 706. The first-order chi connectivity index (χ1) is 9.63. The van der Waals surface area contributed by atoms with Gasteiger partial charge >= 0.3 is 6.03 Å². The van der Waals surface area contributed by atoms with Crippen LogP contribution in [0.5, 0.6) is 0 Å². The molecule has 0 spiro atoms. The Labute approximate surface area is 113 Å². The van der Waals surface area contributed by atoms with E-state index in [-0.39, 0.29) is 18.9 Å². The number of para-hydroxylation sites is 1. The van der Waals surface area contributed by atoms with E-state index < -0.39 is 11.9 Å². The van der Waals surface area contributed by atoms with Crippen LogP contribution in [0.2, 0.25) is 0 Å². The standard InChI is InChI=1S/C13H12N4O3/c18-11(16-17-7-12(19)15-13(17)20)5-8-6-14-10-4-2-1-3-9(8)10/h1-4,6,14H,5,7H2,(H,16,18)(H,15,19,20). The smallest absolute Gasteiger partial charge is 0.343 e. The van der Waals surface area contributed by atoms with E-state index in [1.165, 1.54) is 0 Å². The molecule has 1 aliphatic heterocycles. The highest BCUT2D eigenvalue weighted by molar-refractivity contribution is 6.02. The van der Waals surface area contributed by atoms with E-state index in [4.69, 9.17) is 0 Å². The molecule has 2 aromatic rings. The van der Waals surface area contributed by atoms with Gasteiger partial charge < -0.3 is 4.98 Å². The molecule has 1 fully saturated rings. The number of hydrazine groups is 1. The zero-order valence-electron chi connectivity index (χ0n) is 10.5. The molecule has 0 bridgehead atoms. The van der Waals surface area contributed by atoms with Crippen LogP contribution in [-0.2, 0) is 16.0 Å². The Morgan fingerprint density at radius 3 is 2.85 bits per heavy atom. The SMILES string of the molecule is O=C1CN(NC(=O)Cc2c[nH]c3ccccc23)C(=O)N1. The summed E-state index contributed by atoms with van der Waals surface area (Å²) in [6, 6.07) is 7.03. The van der Waals surface area contributed by atoms with Crippen LogP contribution in [0.1, 0.15) is 5.56 Å². The minimum Gasteiger partial charge on any atom is -0.361 e. The quantitative estimate of drug-likeness (QED) is 0.701. The highest BCUT2D eigenvalue weighted by Gasteiger charge is 2.28. The van der Waals surface area contributed by atoms with Crippen LogP contribution in [0.4, 0.5) is 4.79 Å². The first-order valence-corrected chi connectivity index (χ1v) is 6.09. The molecule has 4 amide bonds. The zero-order valence-corrected chi connectivity index (χ0v) is 10.5. The third-order valence-corrected chi connectivity index (χ3v) is 3.08. The van der Waals surface area contributed by atoms with Crippen LogP contribution < -0.4 is 10.7 Å². The molecule has 102 valence electrons.